The quantitative estimate of drug-likeness (QED) is 0.762. The smallest absolute Gasteiger partial charge is 0.220 e. The molecule has 0 aromatic carbocycles. The molecule has 2 aliphatic rings. The number of hydrogen-bond acceptors (Lipinski definition) is 2. The molecule has 3 nitrogen and oxygen atoms in total. The van der Waals surface area contributed by atoms with Crippen LogP contribution >= 0.6 is 11.6 Å². The molecule has 4 heteroatoms. The van der Waals surface area contributed by atoms with Crippen LogP contribution in [0, 0.1) is 11.8 Å². The van der Waals surface area contributed by atoms with Crippen molar-refractivity contribution in [2.24, 2.45) is 11.8 Å². The van der Waals surface area contributed by atoms with Crippen LogP contribution in [0.4, 0.5) is 0 Å². The van der Waals surface area contributed by atoms with Gasteiger partial charge in [0.25, 0.3) is 0 Å². The number of hydrogen-bond donors (Lipinski definition) is 1. The van der Waals surface area contributed by atoms with Gasteiger partial charge >= 0.3 is 0 Å². The predicted octanol–water partition coefficient (Wildman–Crippen LogP) is 3.11. The van der Waals surface area contributed by atoms with E-state index in [1.54, 1.807) is 0 Å². The van der Waals surface area contributed by atoms with Gasteiger partial charge in [0.05, 0.1) is 6.10 Å². The molecule has 2 aliphatic carbocycles. The molecule has 2 rings (SSSR count). The van der Waals surface area contributed by atoms with Gasteiger partial charge in [-0.2, -0.15) is 0 Å². The first-order valence-electron chi connectivity index (χ1n) is 7.69. The third-order valence-electron chi connectivity index (χ3n) is 4.38. The van der Waals surface area contributed by atoms with Crippen LogP contribution in [0.1, 0.15) is 51.9 Å². The maximum absolute atomic E-state index is 11.9. The third-order valence-corrected chi connectivity index (χ3v) is 4.77. The summed E-state index contributed by atoms with van der Waals surface area (Å²) in [7, 11) is 0. The maximum Gasteiger partial charge on any atom is 0.220 e. The summed E-state index contributed by atoms with van der Waals surface area (Å²) in [5, 5.41) is 3.39. The van der Waals surface area contributed by atoms with E-state index in [-0.39, 0.29) is 5.91 Å². The topological polar surface area (TPSA) is 38.3 Å². The highest BCUT2D eigenvalue weighted by molar-refractivity contribution is 6.20. The zero-order valence-electron chi connectivity index (χ0n) is 11.9. The number of alkyl halides is 1. The number of rotatable bonds is 6. The van der Waals surface area contributed by atoms with Crippen LogP contribution < -0.4 is 5.32 Å². The van der Waals surface area contributed by atoms with Gasteiger partial charge in [-0.15, -0.1) is 11.6 Å². The molecule has 0 heterocycles. The van der Waals surface area contributed by atoms with E-state index < -0.39 is 0 Å². The molecule has 0 saturated heterocycles. The lowest BCUT2D eigenvalue weighted by atomic mass is 9.80. The monoisotopic (exact) mass is 287 g/mol. The Hall–Kier alpha value is -0.280. The molecular formula is C15H26ClNO2. The van der Waals surface area contributed by atoms with E-state index in [2.05, 4.69) is 5.32 Å². The highest BCUT2D eigenvalue weighted by Crippen LogP contribution is 2.32. The van der Waals surface area contributed by atoms with Crippen LogP contribution in [0.3, 0.4) is 0 Å². The Morgan fingerprint density at radius 2 is 2.05 bits per heavy atom. The molecule has 19 heavy (non-hydrogen) atoms. The molecule has 0 bridgehead atoms. The summed E-state index contributed by atoms with van der Waals surface area (Å²) < 4.78 is 5.51. The summed E-state index contributed by atoms with van der Waals surface area (Å²) in [5.74, 6) is 1.32. The van der Waals surface area contributed by atoms with Gasteiger partial charge in [0.2, 0.25) is 5.91 Å². The SMILES string of the molecule is CCOC1CC(CC(=O)NCC2CCCC(Cl)C2)C1. The van der Waals surface area contributed by atoms with Gasteiger partial charge < -0.3 is 10.1 Å². The molecule has 2 fully saturated rings. The lowest BCUT2D eigenvalue weighted by Gasteiger charge is -2.34. The standard InChI is InChI=1S/C15H26ClNO2/c1-2-19-14-7-12(8-14)9-15(18)17-10-11-4-3-5-13(16)6-11/h11-14H,2-10H2,1H3,(H,17,18). The predicted molar refractivity (Wildman–Crippen MR) is 77.4 cm³/mol. The molecule has 1 N–H and O–H groups in total. The van der Waals surface area contributed by atoms with Crippen molar-refractivity contribution in [3.8, 4) is 0 Å². The Labute approximate surface area is 121 Å². The summed E-state index contributed by atoms with van der Waals surface area (Å²) in [6.45, 7) is 3.61. The second kappa shape index (κ2) is 7.49. The summed E-state index contributed by atoms with van der Waals surface area (Å²) in [4.78, 5) is 11.9. The Bertz CT molecular complexity index is 292. The highest BCUT2D eigenvalue weighted by Gasteiger charge is 2.31. The molecule has 110 valence electrons. The summed E-state index contributed by atoms with van der Waals surface area (Å²) in [6.07, 6.45) is 7.76. The number of amides is 1. The first kappa shape index (κ1) is 15.1. The van der Waals surface area contributed by atoms with Crippen LogP contribution in [0.15, 0.2) is 0 Å². The largest absolute Gasteiger partial charge is 0.378 e. The Morgan fingerprint density at radius 1 is 1.26 bits per heavy atom. The Balaban J connectivity index is 1.55. The Morgan fingerprint density at radius 3 is 2.74 bits per heavy atom. The van der Waals surface area contributed by atoms with E-state index in [1.165, 1.54) is 12.8 Å². The molecule has 0 aromatic rings. The van der Waals surface area contributed by atoms with E-state index in [0.717, 1.165) is 38.8 Å². The van der Waals surface area contributed by atoms with Crippen molar-refractivity contribution >= 4 is 17.5 Å². The van der Waals surface area contributed by atoms with E-state index in [0.29, 0.717) is 29.7 Å². The summed E-state index contributed by atoms with van der Waals surface area (Å²) in [6, 6.07) is 0. The van der Waals surface area contributed by atoms with Crippen LogP contribution in [-0.2, 0) is 9.53 Å². The fraction of sp³-hybridized carbons (Fsp3) is 0.933. The van der Waals surface area contributed by atoms with Gasteiger partial charge in [-0.05, 0) is 50.9 Å². The van der Waals surface area contributed by atoms with Gasteiger partial charge in [-0.1, -0.05) is 6.42 Å². The number of ether oxygens (including phenoxy) is 1. The number of halogens is 1. The van der Waals surface area contributed by atoms with Crippen molar-refractivity contribution in [3.05, 3.63) is 0 Å². The molecule has 0 aromatic heterocycles. The molecule has 0 spiro atoms. The van der Waals surface area contributed by atoms with Gasteiger partial charge in [0.15, 0.2) is 0 Å². The minimum atomic E-state index is 0.205. The van der Waals surface area contributed by atoms with Crippen molar-refractivity contribution in [2.45, 2.75) is 63.4 Å². The second-order valence-corrected chi connectivity index (χ2v) is 6.67. The molecule has 2 atom stereocenters. The maximum atomic E-state index is 11.9. The molecule has 0 aliphatic heterocycles. The number of nitrogens with one attached hydrogen (secondary N) is 1. The molecule has 1 amide bonds. The lowest BCUT2D eigenvalue weighted by molar-refractivity contribution is -0.124. The second-order valence-electron chi connectivity index (χ2n) is 6.05. The number of carbonyl (C=O) groups is 1. The average Bonchev–Trinajstić information content (AvgIpc) is 2.34. The van der Waals surface area contributed by atoms with Crippen molar-refractivity contribution in [3.63, 3.8) is 0 Å². The fourth-order valence-electron chi connectivity index (χ4n) is 3.22. The third kappa shape index (κ3) is 4.96. The first-order chi connectivity index (χ1) is 9.17. The normalized spacial score (nSPS) is 34.6. The fourth-order valence-corrected chi connectivity index (χ4v) is 3.62. The van der Waals surface area contributed by atoms with Crippen molar-refractivity contribution < 1.29 is 9.53 Å². The molecule has 0 radical (unpaired) electrons. The lowest BCUT2D eigenvalue weighted by Crippen LogP contribution is -2.37. The number of carbonyl (C=O) groups excluding carboxylic acids is 1. The summed E-state index contributed by atoms with van der Waals surface area (Å²) >= 11 is 6.16. The van der Waals surface area contributed by atoms with Crippen LogP contribution in [0.5, 0.6) is 0 Å². The highest BCUT2D eigenvalue weighted by atomic mass is 35.5. The first-order valence-corrected chi connectivity index (χ1v) is 8.13. The molecular weight excluding hydrogens is 262 g/mol. The van der Waals surface area contributed by atoms with Crippen LogP contribution in [-0.4, -0.2) is 30.5 Å². The van der Waals surface area contributed by atoms with Crippen LogP contribution in [0.25, 0.3) is 0 Å². The zero-order chi connectivity index (χ0) is 13.7. The average molecular weight is 288 g/mol. The Kier molecular flexibility index (Phi) is 5.96. The van der Waals surface area contributed by atoms with Crippen molar-refractivity contribution in [1.29, 1.82) is 0 Å². The zero-order valence-corrected chi connectivity index (χ0v) is 12.6. The van der Waals surface area contributed by atoms with Gasteiger partial charge in [0, 0.05) is 24.9 Å². The van der Waals surface area contributed by atoms with E-state index in [4.69, 9.17) is 16.3 Å². The minimum Gasteiger partial charge on any atom is -0.378 e. The summed E-state index contributed by atoms with van der Waals surface area (Å²) in [5.41, 5.74) is 0. The van der Waals surface area contributed by atoms with E-state index in [1.807, 2.05) is 6.92 Å². The minimum absolute atomic E-state index is 0.205. The van der Waals surface area contributed by atoms with E-state index >= 15 is 0 Å². The van der Waals surface area contributed by atoms with E-state index in [9.17, 15) is 4.79 Å². The van der Waals surface area contributed by atoms with Gasteiger partial charge in [-0.25, -0.2) is 0 Å². The van der Waals surface area contributed by atoms with Crippen LogP contribution in [0.2, 0.25) is 0 Å². The van der Waals surface area contributed by atoms with Gasteiger partial charge in [-0.3, -0.25) is 4.79 Å². The van der Waals surface area contributed by atoms with Gasteiger partial charge in [0.1, 0.15) is 0 Å². The van der Waals surface area contributed by atoms with Crippen molar-refractivity contribution in [1.82, 2.24) is 5.32 Å². The molecule has 2 saturated carbocycles. The van der Waals surface area contributed by atoms with Crippen molar-refractivity contribution in [2.75, 3.05) is 13.2 Å². The molecule has 2 unspecified atom stereocenters.